The molecule has 2 fully saturated rings. The summed E-state index contributed by atoms with van der Waals surface area (Å²) in [7, 11) is 0. The number of amides is 1. The molecule has 0 atom stereocenters. The Morgan fingerprint density at radius 1 is 0.923 bits per heavy atom. The number of hydrazine groups is 1. The van der Waals surface area contributed by atoms with Gasteiger partial charge in [-0.3, -0.25) is 14.6 Å². The molecule has 2 aliphatic rings. The maximum Gasteiger partial charge on any atom is 0.236 e. The fraction of sp³-hybridized carbons (Fsp3) is 0.778. The van der Waals surface area contributed by atoms with Crippen molar-refractivity contribution in [2.45, 2.75) is 25.7 Å². The van der Waals surface area contributed by atoms with Crippen LogP contribution in [0.25, 0.3) is 0 Å². The van der Waals surface area contributed by atoms with Gasteiger partial charge in [-0.15, -0.1) is 0 Å². The van der Waals surface area contributed by atoms with Gasteiger partial charge in [0.05, 0.1) is 0 Å². The molecule has 1 amide bonds. The molecule has 72 valence electrons. The lowest BCUT2D eigenvalue weighted by Gasteiger charge is -2.33. The number of carbonyl (C=O) groups excluding carboxylic acids is 2. The summed E-state index contributed by atoms with van der Waals surface area (Å²) in [6.07, 6.45) is 2.83. The van der Waals surface area contributed by atoms with E-state index in [4.69, 9.17) is 0 Å². The molecule has 0 aromatic rings. The topological polar surface area (TPSA) is 40.6 Å². The Morgan fingerprint density at radius 2 is 1.62 bits per heavy atom. The van der Waals surface area contributed by atoms with Crippen molar-refractivity contribution in [1.82, 2.24) is 10.0 Å². The van der Waals surface area contributed by atoms with Crippen LogP contribution in [0.2, 0.25) is 0 Å². The summed E-state index contributed by atoms with van der Waals surface area (Å²) >= 11 is 0. The van der Waals surface area contributed by atoms with Gasteiger partial charge in [0.1, 0.15) is 5.78 Å². The van der Waals surface area contributed by atoms with Gasteiger partial charge in [0.25, 0.3) is 0 Å². The largest absolute Gasteiger partial charge is 0.300 e. The molecule has 0 aliphatic carbocycles. The van der Waals surface area contributed by atoms with Crippen molar-refractivity contribution in [3.8, 4) is 0 Å². The summed E-state index contributed by atoms with van der Waals surface area (Å²) in [5.74, 6) is 0.539. The minimum Gasteiger partial charge on any atom is -0.300 e. The summed E-state index contributed by atoms with van der Waals surface area (Å²) < 4.78 is 0. The smallest absolute Gasteiger partial charge is 0.236 e. The molecule has 2 saturated heterocycles. The quantitative estimate of drug-likeness (QED) is 0.581. The fourth-order valence-corrected chi connectivity index (χ4v) is 1.92. The van der Waals surface area contributed by atoms with Crippen molar-refractivity contribution in [2.75, 3.05) is 19.6 Å². The number of hydrogen-bond donors (Lipinski definition) is 0. The van der Waals surface area contributed by atoms with E-state index in [1.807, 2.05) is 10.0 Å². The van der Waals surface area contributed by atoms with E-state index in [0.717, 1.165) is 26.1 Å². The van der Waals surface area contributed by atoms with Crippen LogP contribution in [-0.4, -0.2) is 41.3 Å². The molecule has 0 aromatic carbocycles. The SMILES string of the molecule is O=C1CCN(N2CCCC2=O)CC1. The van der Waals surface area contributed by atoms with Crippen molar-refractivity contribution in [1.29, 1.82) is 0 Å². The fourth-order valence-electron chi connectivity index (χ4n) is 1.92. The summed E-state index contributed by atoms with van der Waals surface area (Å²) in [4.78, 5) is 22.3. The van der Waals surface area contributed by atoms with E-state index in [0.29, 0.717) is 25.0 Å². The molecule has 0 aromatic heterocycles. The van der Waals surface area contributed by atoms with E-state index < -0.39 is 0 Å². The molecule has 2 heterocycles. The maximum atomic E-state index is 11.4. The van der Waals surface area contributed by atoms with Gasteiger partial charge in [0.2, 0.25) is 5.91 Å². The van der Waals surface area contributed by atoms with Gasteiger partial charge in [-0.05, 0) is 6.42 Å². The Labute approximate surface area is 77.5 Å². The maximum absolute atomic E-state index is 11.4. The van der Waals surface area contributed by atoms with E-state index in [2.05, 4.69) is 0 Å². The Balaban J connectivity index is 1.93. The molecule has 0 radical (unpaired) electrons. The number of hydrogen-bond acceptors (Lipinski definition) is 3. The number of nitrogens with zero attached hydrogens (tertiary/aromatic N) is 2. The molecule has 0 bridgehead atoms. The molecule has 2 aliphatic heterocycles. The van der Waals surface area contributed by atoms with Gasteiger partial charge in [-0.1, -0.05) is 0 Å². The lowest BCUT2D eigenvalue weighted by Crippen LogP contribution is -2.47. The van der Waals surface area contributed by atoms with Crippen LogP contribution in [0.5, 0.6) is 0 Å². The van der Waals surface area contributed by atoms with E-state index in [-0.39, 0.29) is 5.91 Å². The Bertz CT molecular complexity index is 230. The normalized spacial score (nSPS) is 25.7. The highest BCUT2D eigenvalue weighted by Crippen LogP contribution is 2.16. The highest BCUT2D eigenvalue weighted by molar-refractivity contribution is 5.80. The first-order chi connectivity index (χ1) is 6.27. The van der Waals surface area contributed by atoms with Crippen LogP contribution in [0.1, 0.15) is 25.7 Å². The zero-order valence-corrected chi connectivity index (χ0v) is 7.66. The lowest BCUT2D eigenvalue weighted by atomic mass is 10.1. The Hall–Kier alpha value is -0.900. The molecule has 4 nitrogen and oxygen atoms in total. The van der Waals surface area contributed by atoms with Gasteiger partial charge < -0.3 is 0 Å². The minimum atomic E-state index is 0.217. The predicted molar refractivity (Wildman–Crippen MR) is 46.8 cm³/mol. The third-order valence-corrected chi connectivity index (χ3v) is 2.69. The molecule has 2 rings (SSSR count). The second-order valence-corrected chi connectivity index (χ2v) is 3.61. The van der Waals surface area contributed by atoms with E-state index in [1.165, 1.54) is 0 Å². The highest BCUT2D eigenvalue weighted by atomic mass is 16.2. The highest BCUT2D eigenvalue weighted by Gasteiger charge is 2.28. The van der Waals surface area contributed by atoms with Gasteiger partial charge in [0.15, 0.2) is 0 Å². The van der Waals surface area contributed by atoms with Crippen molar-refractivity contribution >= 4 is 11.7 Å². The first-order valence-corrected chi connectivity index (χ1v) is 4.84. The lowest BCUT2D eigenvalue weighted by molar-refractivity contribution is -0.147. The predicted octanol–water partition coefficient (Wildman–Crippen LogP) is 0.189. The summed E-state index contributed by atoms with van der Waals surface area (Å²) in [6.45, 7) is 2.29. The van der Waals surface area contributed by atoms with Crippen LogP contribution in [0, 0.1) is 0 Å². The zero-order valence-electron chi connectivity index (χ0n) is 7.66. The molecular formula is C9H14N2O2. The molecule has 13 heavy (non-hydrogen) atoms. The zero-order chi connectivity index (χ0) is 9.26. The average molecular weight is 182 g/mol. The van der Waals surface area contributed by atoms with Gasteiger partial charge >= 0.3 is 0 Å². The first kappa shape index (κ1) is 8.69. The summed E-state index contributed by atoms with van der Waals surface area (Å²) in [6, 6.07) is 0. The number of rotatable bonds is 1. The molecule has 0 N–H and O–H groups in total. The van der Waals surface area contributed by atoms with Crippen LogP contribution in [0.3, 0.4) is 0 Å². The van der Waals surface area contributed by atoms with E-state index >= 15 is 0 Å². The van der Waals surface area contributed by atoms with Crippen molar-refractivity contribution < 1.29 is 9.59 Å². The van der Waals surface area contributed by atoms with Crippen molar-refractivity contribution in [3.05, 3.63) is 0 Å². The van der Waals surface area contributed by atoms with Crippen molar-refractivity contribution in [3.63, 3.8) is 0 Å². The number of carbonyl (C=O) groups is 2. The van der Waals surface area contributed by atoms with Crippen LogP contribution < -0.4 is 0 Å². The van der Waals surface area contributed by atoms with Gasteiger partial charge in [-0.25, -0.2) is 5.01 Å². The van der Waals surface area contributed by atoms with Gasteiger partial charge in [0, 0.05) is 38.9 Å². The minimum absolute atomic E-state index is 0.217. The van der Waals surface area contributed by atoms with E-state index in [9.17, 15) is 9.59 Å². The Kier molecular flexibility index (Phi) is 2.31. The molecule has 4 heteroatoms. The monoisotopic (exact) mass is 182 g/mol. The summed E-state index contributed by atoms with van der Waals surface area (Å²) in [5.41, 5.74) is 0. The molecule has 0 unspecified atom stereocenters. The molecule has 0 saturated carbocycles. The van der Waals surface area contributed by atoms with Crippen LogP contribution in [-0.2, 0) is 9.59 Å². The Morgan fingerprint density at radius 3 is 2.15 bits per heavy atom. The molecular weight excluding hydrogens is 168 g/mol. The van der Waals surface area contributed by atoms with Crippen LogP contribution >= 0.6 is 0 Å². The van der Waals surface area contributed by atoms with Crippen LogP contribution in [0.4, 0.5) is 0 Å². The molecule has 0 spiro atoms. The standard InChI is InChI=1S/C9H14N2O2/c12-8-3-6-10(7-4-8)11-5-1-2-9(11)13/h1-7H2. The number of ketones is 1. The second kappa shape index (κ2) is 3.46. The van der Waals surface area contributed by atoms with Gasteiger partial charge in [-0.2, -0.15) is 0 Å². The number of piperidine rings is 1. The van der Waals surface area contributed by atoms with Crippen LogP contribution in [0.15, 0.2) is 0 Å². The summed E-state index contributed by atoms with van der Waals surface area (Å²) in [5, 5.41) is 3.84. The number of Topliss-reactive ketones (excluding diaryl/α,β-unsaturated/α-hetero) is 1. The van der Waals surface area contributed by atoms with Crippen molar-refractivity contribution in [2.24, 2.45) is 0 Å². The second-order valence-electron chi connectivity index (χ2n) is 3.61. The van der Waals surface area contributed by atoms with E-state index in [1.54, 1.807) is 0 Å². The third-order valence-electron chi connectivity index (χ3n) is 2.69. The average Bonchev–Trinajstić information content (AvgIpc) is 2.53. The third kappa shape index (κ3) is 1.72. The first-order valence-electron chi connectivity index (χ1n) is 4.84.